The van der Waals surface area contributed by atoms with Gasteiger partial charge < -0.3 is 33.4 Å². The fourth-order valence-corrected chi connectivity index (χ4v) is 10.1. The van der Waals surface area contributed by atoms with Gasteiger partial charge in [-0.1, -0.05) is 49.4 Å². The van der Waals surface area contributed by atoms with Crippen molar-refractivity contribution in [1.82, 2.24) is 4.90 Å². The van der Waals surface area contributed by atoms with Crippen LogP contribution in [0.2, 0.25) is 18.6 Å². The molecule has 11 heteroatoms. The third-order valence-corrected chi connectivity index (χ3v) is 12.4. The molecule has 3 aromatic carbocycles. The van der Waals surface area contributed by atoms with Gasteiger partial charge in [0.05, 0.1) is 38.5 Å². The Balaban J connectivity index is 1.33. The fourth-order valence-electron chi connectivity index (χ4n) is 7.58. The highest BCUT2D eigenvalue weighted by Gasteiger charge is 2.67. The van der Waals surface area contributed by atoms with E-state index >= 15 is 4.11 Å². The summed E-state index contributed by atoms with van der Waals surface area (Å²) in [6.45, 7) is 6.23. The van der Waals surface area contributed by atoms with Crippen molar-refractivity contribution in [3.8, 4) is 5.75 Å². The zero-order valence-corrected chi connectivity index (χ0v) is 28.3. The lowest BCUT2D eigenvalue weighted by Crippen LogP contribution is -2.45. The van der Waals surface area contributed by atoms with E-state index in [1.165, 1.54) is 0 Å². The first-order chi connectivity index (χ1) is 22.5. The molecule has 3 amide bonds. The lowest BCUT2D eigenvalue weighted by molar-refractivity contribution is -0.150. The second-order valence-electron chi connectivity index (χ2n) is 13.2. The summed E-state index contributed by atoms with van der Waals surface area (Å²) in [7, 11) is -1.95. The van der Waals surface area contributed by atoms with Crippen LogP contribution in [-0.2, 0) is 37.8 Å². The molecule has 1 N–H and O–H groups in total. The van der Waals surface area contributed by atoms with Crippen molar-refractivity contribution < 1.29 is 33.1 Å². The highest BCUT2D eigenvalue weighted by Crippen LogP contribution is 2.60. The van der Waals surface area contributed by atoms with Crippen molar-refractivity contribution in [2.75, 3.05) is 36.6 Å². The summed E-state index contributed by atoms with van der Waals surface area (Å²) >= 11 is 0. The van der Waals surface area contributed by atoms with Gasteiger partial charge in [0.2, 0.25) is 20.2 Å². The van der Waals surface area contributed by atoms with Gasteiger partial charge in [0, 0.05) is 48.8 Å². The van der Waals surface area contributed by atoms with Crippen molar-refractivity contribution in [1.29, 1.82) is 0 Å². The number of ether oxygens (including phenoxy) is 2. The molecule has 248 valence electrons. The summed E-state index contributed by atoms with van der Waals surface area (Å²) in [6.07, 6.45) is -0.423. The molecule has 3 aliphatic heterocycles. The fraction of sp³-hybridized carbons (Fsp3) is 0.417. The number of rotatable bonds is 11. The van der Waals surface area contributed by atoms with Gasteiger partial charge in [0.1, 0.15) is 5.75 Å². The molecule has 2 saturated heterocycles. The third kappa shape index (κ3) is 5.96. The number of methoxy groups -OCH3 is 1. The van der Waals surface area contributed by atoms with Crippen LogP contribution in [-0.4, -0.2) is 69.0 Å². The number of carbonyl (C=O) groups excluding carboxylic acids is 3. The standard InChI is InChI=1S/C36H42FN3O6Si/c1-24-34(47(3,4)37)31(21-33(43)38(18-19-41)22-25-8-6-5-7-9-25)46-36(24)29-20-28(45-2)14-15-30(29)40(35(36)44)23-26-10-12-27(13-11-26)39-17-16-32(39)42/h5-15,20,24,31,34,41H,16-19,21-23H2,1-4H3/t24-,31+,34-,36+/m0/s1. The third-order valence-electron chi connectivity index (χ3n) is 9.92. The van der Waals surface area contributed by atoms with Crippen molar-refractivity contribution >= 4 is 37.5 Å². The number of fused-ring (bicyclic) bond motifs is 2. The summed E-state index contributed by atoms with van der Waals surface area (Å²) in [5, 5.41) is 9.77. The maximum Gasteiger partial charge on any atom is 0.264 e. The summed E-state index contributed by atoms with van der Waals surface area (Å²) in [4.78, 5) is 45.4. The van der Waals surface area contributed by atoms with Gasteiger partial charge in [0.25, 0.3) is 5.91 Å². The lowest BCUT2D eigenvalue weighted by atomic mass is 9.82. The average Bonchev–Trinajstić information content (AvgIpc) is 3.47. The van der Waals surface area contributed by atoms with Crippen molar-refractivity contribution in [3.63, 3.8) is 0 Å². The molecule has 0 aliphatic carbocycles. The van der Waals surface area contributed by atoms with E-state index in [9.17, 15) is 19.5 Å². The monoisotopic (exact) mass is 659 g/mol. The molecule has 3 aliphatic rings. The summed E-state index contributed by atoms with van der Waals surface area (Å²) < 4.78 is 28.7. The topological polar surface area (TPSA) is 99.6 Å². The number of amides is 3. The summed E-state index contributed by atoms with van der Waals surface area (Å²) in [6, 6.07) is 22.5. The Morgan fingerprint density at radius 3 is 2.40 bits per heavy atom. The van der Waals surface area contributed by atoms with E-state index in [1.807, 2.05) is 67.6 Å². The van der Waals surface area contributed by atoms with Crippen LogP contribution in [0.4, 0.5) is 15.5 Å². The average molecular weight is 660 g/mol. The molecule has 6 rings (SSSR count). The van der Waals surface area contributed by atoms with Crippen LogP contribution in [0.15, 0.2) is 72.8 Å². The minimum Gasteiger partial charge on any atom is -0.497 e. The number of anilines is 2. The molecule has 0 unspecified atom stereocenters. The van der Waals surface area contributed by atoms with E-state index in [0.717, 1.165) is 16.8 Å². The Bertz CT molecular complexity index is 1650. The van der Waals surface area contributed by atoms with Crippen molar-refractivity contribution in [2.24, 2.45) is 5.92 Å². The molecule has 0 radical (unpaired) electrons. The van der Waals surface area contributed by atoms with Crippen LogP contribution in [0.25, 0.3) is 0 Å². The van der Waals surface area contributed by atoms with Crippen molar-refractivity contribution in [3.05, 3.63) is 89.5 Å². The first-order valence-corrected chi connectivity index (χ1v) is 19.1. The first kappa shape index (κ1) is 32.9. The van der Waals surface area contributed by atoms with Crippen LogP contribution in [0, 0.1) is 5.92 Å². The number of benzene rings is 3. The van der Waals surface area contributed by atoms with Gasteiger partial charge in [0.15, 0.2) is 5.60 Å². The molecule has 0 aromatic heterocycles. The van der Waals surface area contributed by atoms with Gasteiger partial charge in [-0.15, -0.1) is 0 Å². The van der Waals surface area contributed by atoms with Crippen LogP contribution in [0.5, 0.6) is 5.75 Å². The number of nitrogens with zero attached hydrogens (tertiary/aromatic N) is 3. The predicted molar refractivity (Wildman–Crippen MR) is 179 cm³/mol. The van der Waals surface area contributed by atoms with Gasteiger partial charge in [-0.3, -0.25) is 14.4 Å². The summed E-state index contributed by atoms with van der Waals surface area (Å²) in [5.74, 6) is -0.511. The SMILES string of the molecule is COc1ccc2c(c1)[C@@]1(O[C@H](CC(=O)N(CCO)Cc3ccccc3)[C@@H]([Si](C)(C)F)[C@@H]1C)C(=O)N2Cc1ccc(N2CCC2=O)cc1. The highest BCUT2D eigenvalue weighted by atomic mass is 28.4. The Morgan fingerprint density at radius 2 is 1.81 bits per heavy atom. The van der Waals surface area contributed by atoms with Crippen LogP contribution in [0.3, 0.4) is 0 Å². The molecular weight excluding hydrogens is 617 g/mol. The Hall–Kier alpha value is -4.06. The maximum atomic E-state index is 16.4. The van der Waals surface area contributed by atoms with Gasteiger partial charge in [-0.25, -0.2) is 0 Å². The van der Waals surface area contributed by atoms with Gasteiger partial charge in [-0.2, -0.15) is 0 Å². The minimum absolute atomic E-state index is 0.0890. The van der Waals surface area contributed by atoms with Gasteiger partial charge >= 0.3 is 0 Å². The molecule has 47 heavy (non-hydrogen) atoms. The number of hydrogen-bond donors (Lipinski definition) is 1. The molecule has 0 saturated carbocycles. The molecule has 1 spiro atoms. The number of aliphatic hydroxyl groups excluding tert-OH is 1. The van der Waals surface area contributed by atoms with Crippen LogP contribution >= 0.6 is 0 Å². The number of carbonyl (C=O) groups is 3. The highest BCUT2D eigenvalue weighted by molar-refractivity contribution is 6.72. The molecule has 3 heterocycles. The maximum absolute atomic E-state index is 16.4. The smallest absolute Gasteiger partial charge is 0.264 e. The predicted octanol–water partition coefficient (Wildman–Crippen LogP) is 5.16. The molecule has 2 fully saturated rings. The quantitative estimate of drug-likeness (QED) is 0.173. The van der Waals surface area contributed by atoms with Crippen LogP contribution in [0.1, 0.15) is 36.5 Å². The lowest BCUT2D eigenvalue weighted by Gasteiger charge is -2.31. The Labute approximate surface area is 276 Å². The second-order valence-corrected chi connectivity index (χ2v) is 17.0. The number of hydrogen-bond acceptors (Lipinski definition) is 6. The van der Waals surface area contributed by atoms with E-state index in [4.69, 9.17) is 9.47 Å². The minimum atomic E-state index is -3.51. The number of aliphatic hydroxyl groups is 1. The normalized spacial score (nSPS) is 23.7. The number of β-lactam (4-membered cyclic amide) rings is 1. The number of halogens is 1. The van der Waals surface area contributed by atoms with Gasteiger partial charge in [-0.05, 0) is 54.6 Å². The van der Waals surface area contributed by atoms with E-state index in [2.05, 4.69) is 0 Å². The van der Waals surface area contributed by atoms with Crippen molar-refractivity contribution in [2.45, 2.75) is 63.2 Å². The van der Waals surface area contributed by atoms with E-state index in [1.54, 1.807) is 47.0 Å². The zero-order chi connectivity index (χ0) is 33.5. The van der Waals surface area contributed by atoms with E-state index < -0.39 is 31.6 Å². The summed E-state index contributed by atoms with van der Waals surface area (Å²) in [5.41, 5.74) is 1.68. The second kappa shape index (κ2) is 12.9. The largest absolute Gasteiger partial charge is 0.497 e. The Morgan fingerprint density at radius 1 is 1.09 bits per heavy atom. The van der Waals surface area contributed by atoms with E-state index in [0.29, 0.717) is 36.5 Å². The molecular formula is C36H42FN3O6Si. The zero-order valence-electron chi connectivity index (χ0n) is 27.3. The molecule has 4 atom stereocenters. The Kier molecular flexibility index (Phi) is 8.99. The van der Waals surface area contributed by atoms with Crippen LogP contribution < -0.4 is 14.5 Å². The molecule has 3 aromatic rings. The molecule has 9 nitrogen and oxygen atoms in total. The molecule has 0 bridgehead atoms. The van der Waals surface area contributed by atoms with E-state index in [-0.39, 0.29) is 43.8 Å². The first-order valence-electron chi connectivity index (χ1n) is 16.2.